The Morgan fingerprint density at radius 3 is 2.35 bits per heavy atom. The Bertz CT molecular complexity index is 1240. The summed E-state index contributed by atoms with van der Waals surface area (Å²) >= 11 is 0. The molecule has 0 aliphatic carbocycles. The molecule has 0 radical (unpaired) electrons. The highest BCUT2D eigenvalue weighted by atomic mass is 32.2. The Morgan fingerprint density at radius 2 is 1.75 bits per heavy atom. The van der Waals surface area contributed by atoms with Crippen molar-refractivity contribution in [3.8, 4) is 0 Å². The van der Waals surface area contributed by atoms with Crippen LogP contribution < -0.4 is 10.6 Å². The molecule has 0 aromatic carbocycles. The van der Waals surface area contributed by atoms with Gasteiger partial charge in [-0.25, -0.2) is 19.7 Å². The number of anilines is 1. The number of fused-ring (bicyclic) bond motifs is 1. The SMILES string of the molecule is COC(=O)[C@H](CC[S+](C)C[C@H]1O[C@@H](n2cnc3c(NC(=O)C(F)(F)F)ncnc32)[C@H](O)[C@@H]1O)NC(=O)C(F)(F)F. The second kappa shape index (κ2) is 12.1. The summed E-state index contributed by atoms with van der Waals surface area (Å²) in [6.07, 6.45) is -12.4. The van der Waals surface area contributed by atoms with Gasteiger partial charge in [-0.3, -0.25) is 14.2 Å². The topological polar surface area (TPSA) is 178 Å². The molecule has 0 saturated carbocycles. The smallest absolute Gasteiger partial charge is 0.467 e. The number of hydrogen-bond donors (Lipinski definition) is 4. The summed E-state index contributed by atoms with van der Waals surface area (Å²) in [6, 6.07) is -1.58. The fourth-order valence-electron chi connectivity index (χ4n) is 3.72. The molecule has 3 heterocycles. The van der Waals surface area contributed by atoms with Crippen molar-refractivity contribution in [2.45, 2.75) is 49.4 Å². The van der Waals surface area contributed by atoms with E-state index in [2.05, 4.69) is 19.7 Å². The molecule has 2 aromatic heterocycles. The monoisotopic (exact) mass is 605 g/mol. The zero-order chi connectivity index (χ0) is 30.0. The number of alkyl halides is 6. The lowest BCUT2D eigenvalue weighted by Gasteiger charge is -2.18. The van der Waals surface area contributed by atoms with Gasteiger partial charge in [0.15, 0.2) is 23.2 Å². The van der Waals surface area contributed by atoms with E-state index < -0.39 is 77.4 Å². The van der Waals surface area contributed by atoms with E-state index in [-0.39, 0.29) is 29.1 Å². The average Bonchev–Trinajstić information content (AvgIpc) is 3.41. The van der Waals surface area contributed by atoms with Crippen LogP contribution >= 0.6 is 0 Å². The number of carbonyl (C=O) groups is 3. The molecule has 40 heavy (non-hydrogen) atoms. The number of nitrogens with zero attached hydrogens (tertiary/aromatic N) is 4. The van der Waals surface area contributed by atoms with E-state index in [1.165, 1.54) is 0 Å². The van der Waals surface area contributed by atoms with Gasteiger partial charge in [-0.05, 0) is 10.9 Å². The van der Waals surface area contributed by atoms with Crippen molar-refractivity contribution in [3.63, 3.8) is 0 Å². The Hall–Kier alpha value is -3.23. The summed E-state index contributed by atoms with van der Waals surface area (Å²) in [5.74, 6) is -6.06. The maximum absolute atomic E-state index is 12.6. The fourth-order valence-corrected chi connectivity index (χ4v) is 5.36. The predicted octanol–water partition coefficient (Wildman–Crippen LogP) is -0.195. The average molecular weight is 605 g/mol. The number of aliphatic hydroxyl groups excluding tert-OH is 2. The normalized spacial score (nSPS) is 23.1. The molecular weight excluding hydrogens is 582 g/mol. The van der Waals surface area contributed by atoms with Gasteiger partial charge < -0.3 is 30.3 Å². The van der Waals surface area contributed by atoms with Crippen molar-refractivity contribution >= 4 is 45.7 Å². The summed E-state index contributed by atoms with van der Waals surface area (Å²) in [6.45, 7) is 0. The molecule has 222 valence electrons. The van der Waals surface area contributed by atoms with E-state index in [4.69, 9.17) is 4.74 Å². The molecule has 0 bridgehead atoms. The number of imidazole rings is 1. The van der Waals surface area contributed by atoms with E-state index in [0.717, 1.165) is 24.3 Å². The standard InChI is InChI=1S/C20H22F6N6O7S/c1-38-16(35)8(30-17(36)19(21,22)23)3-4-40(2)5-9-11(33)12(34)15(39-9)32-7-29-10-13(27-6-28-14(10)32)31-18(37)20(24,25)26/h6-9,11-12,15,33-34H,3-5H2,1-2H3,(H-,27,28,30,31,36,37)/p+1/t8-,9+,11+,12+,15+,40?/m0/s1. The maximum Gasteiger partial charge on any atom is 0.471 e. The number of ether oxygens (including phenoxy) is 2. The lowest BCUT2D eigenvalue weighted by molar-refractivity contribution is -0.175. The molecule has 1 aliphatic rings. The summed E-state index contributed by atoms with van der Waals surface area (Å²) in [5.41, 5.74) is -0.375. The van der Waals surface area contributed by atoms with Crippen molar-refractivity contribution in [2.24, 2.45) is 0 Å². The minimum atomic E-state index is -5.21. The number of nitrogens with one attached hydrogen (secondary N) is 2. The van der Waals surface area contributed by atoms with Crippen molar-refractivity contribution in [1.29, 1.82) is 0 Å². The number of aliphatic hydroxyl groups is 2. The van der Waals surface area contributed by atoms with Crippen LogP contribution in [0.2, 0.25) is 0 Å². The first-order chi connectivity index (χ1) is 18.5. The first-order valence-corrected chi connectivity index (χ1v) is 13.1. The third kappa shape index (κ3) is 7.09. The van der Waals surface area contributed by atoms with Gasteiger partial charge >= 0.3 is 30.1 Å². The van der Waals surface area contributed by atoms with Gasteiger partial charge in [0.25, 0.3) is 0 Å². The third-order valence-corrected chi connectivity index (χ3v) is 7.54. The number of hydrogen-bond acceptors (Lipinski definition) is 10. The molecular formula is C20H23F6N6O7S+. The van der Waals surface area contributed by atoms with Crippen LogP contribution in [0.3, 0.4) is 0 Å². The number of amides is 2. The van der Waals surface area contributed by atoms with Gasteiger partial charge in [0.2, 0.25) is 0 Å². The molecule has 4 N–H and O–H groups in total. The van der Waals surface area contributed by atoms with Gasteiger partial charge in [-0.15, -0.1) is 0 Å². The Labute approximate surface area is 223 Å². The molecule has 0 spiro atoms. The highest BCUT2D eigenvalue weighted by Crippen LogP contribution is 2.33. The van der Waals surface area contributed by atoms with Gasteiger partial charge in [0, 0.05) is 6.42 Å². The number of methoxy groups -OCH3 is 1. The summed E-state index contributed by atoms with van der Waals surface area (Å²) in [7, 11) is 0.228. The van der Waals surface area contributed by atoms with E-state index >= 15 is 0 Å². The van der Waals surface area contributed by atoms with Crippen LogP contribution in [-0.4, -0.2) is 109 Å². The Kier molecular flexibility index (Phi) is 9.47. The largest absolute Gasteiger partial charge is 0.471 e. The minimum Gasteiger partial charge on any atom is -0.467 e. The molecule has 1 aliphatic heterocycles. The first kappa shape index (κ1) is 31.3. The van der Waals surface area contributed by atoms with Crippen LogP contribution in [0.4, 0.5) is 32.2 Å². The van der Waals surface area contributed by atoms with Crippen molar-refractivity contribution in [1.82, 2.24) is 24.8 Å². The minimum absolute atomic E-state index is 0.0738. The van der Waals surface area contributed by atoms with E-state index in [1.807, 2.05) is 0 Å². The van der Waals surface area contributed by atoms with Crippen LogP contribution in [0.5, 0.6) is 0 Å². The molecule has 1 unspecified atom stereocenters. The molecule has 2 aromatic rings. The third-order valence-electron chi connectivity index (χ3n) is 5.71. The van der Waals surface area contributed by atoms with Gasteiger partial charge in [-0.2, -0.15) is 26.3 Å². The maximum atomic E-state index is 12.6. The second-order valence-electron chi connectivity index (χ2n) is 8.53. The van der Waals surface area contributed by atoms with Crippen LogP contribution in [0.15, 0.2) is 12.7 Å². The van der Waals surface area contributed by atoms with Crippen molar-refractivity contribution < 1.29 is 60.4 Å². The van der Waals surface area contributed by atoms with Crippen LogP contribution in [0.25, 0.3) is 11.2 Å². The summed E-state index contributed by atoms with van der Waals surface area (Å²) in [5, 5.41) is 24.3. The van der Waals surface area contributed by atoms with Gasteiger partial charge in [-0.1, -0.05) is 0 Å². The zero-order valence-corrected chi connectivity index (χ0v) is 21.4. The van der Waals surface area contributed by atoms with Gasteiger partial charge in [0.05, 0.1) is 19.7 Å². The Morgan fingerprint density at radius 1 is 1.10 bits per heavy atom. The molecule has 6 atom stereocenters. The lowest BCUT2D eigenvalue weighted by Crippen LogP contribution is -2.48. The lowest BCUT2D eigenvalue weighted by atomic mass is 10.1. The molecule has 20 heteroatoms. The van der Waals surface area contributed by atoms with Crippen LogP contribution in [0.1, 0.15) is 12.6 Å². The summed E-state index contributed by atoms with van der Waals surface area (Å²) in [4.78, 5) is 45.8. The summed E-state index contributed by atoms with van der Waals surface area (Å²) < 4.78 is 87.0. The molecule has 13 nitrogen and oxygen atoms in total. The quantitative estimate of drug-likeness (QED) is 0.170. The fraction of sp³-hybridized carbons (Fsp3) is 0.600. The zero-order valence-electron chi connectivity index (χ0n) is 20.6. The molecule has 3 rings (SSSR count). The van der Waals surface area contributed by atoms with Crippen LogP contribution in [0, 0.1) is 0 Å². The Balaban J connectivity index is 1.68. The molecule has 1 fully saturated rings. The van der Waals surface area contributed by atoms with E-state index in [0.29, 0.717) is 0 Å². The number of carbonyl (C=O) groups excluding carboxylic acids is 3. The van der Waals surface area contributed by atoms with Crippen molar-refractivity contribution in [3.05, 3.63) is 12.7 Å². The second-order valence-corrected chi connectivity index (χ2v) is 10.8. The highest BCUT2D eigenvalue weighted by molar-refractivity contribution is 7.96. The number of esters is 1. The predicted molar refractivity (Wildman–Crippen MR) is 124 cm³/mol. The van der Waals surface area contributed by atoms with E-state index in [9.17, 15) is 50.9 Å². The first-order valence-electron chi connectivity index (χ1n) is 11.2. The van der Waals surface area contributed by atoms with E-state index in [1.54, 1.807) is 16.9 Å². The van der Waals surface area contributed by atoms with Gasteiger partial charge in [0.1, 0.15) is 42.2 Å². The number of aromatic nitrogens is 4. The van der Waals surface area contributed by atoms with Crippen LogP contribution in [-0.2, 0) is 34.8 Å². The number of halogens is 6. The number of rotatable bonds is 9. The van der Waals surface area contributed by atoms with Crippen molar-refractivity contribution in [2.75, 3.05) is 30.2 Å². The molecule has 2 amide bonds. The highest BCUT2D eigenvalue weighted by Gasteiger charge is 2.47. The molecule has 1 saturated heterocycles.